The molecule has 26 heavy (non-hydrogen) atoms. The summed E-state index contributed by atoms with van der Waals surface area (Å²) in [6.45, 7) is 2.39. The van der Waals surface area contributed by atoms with Crippen LogP contribution in [0, 0.1) is 12.3 Å². The summed E-state index contributed by atoms with van der Waals surface area (Å²) in [6.07, 6.45) is 9.26. The number of amides is 2. The Morgan fingerprint density at radius 3 is 2.58 bits per heavy atom. The van der Waals surface area contributed by atoms with Crippen molar-refractivity contribution in [2.24, 2.45) is 16.0 Å². The van der Waals surface area contributed by atoms with E-state index < -0.39 is 11.6 Å². The number of terminal acetylenes is 1. The first-order chi connectivity index (χ1) is 12.5. The number of hydrogen-bond donors (Lipinski definition) is 1. The van der Waals surface area contributed by atoms with E-state index in [1.165, 1.54) is 0 Å². The lowest BCUT2D eigenvalue weighted by molar-refractivity contribution is -0.131. The van der Waals surface area contributed by atoms with Gasteiger partial charge in [-0.2, -0.15) is 10.2 Å². The third-order valence-electron chi connectivity index (χ3n) is 4.78. The van der Waals surface area contributed by atoms with Crippen molar-refractivity contribution in [2.45, 2.75) is 31.3 Å². The van der Waals surface area contributed by atoms with Crippen molar-refractivity contribution in [3.05, 3.63) is 23.9 Å². The minimum Gasteiger partial charge on any atom is -0.365 e. The van der Waals surface area contributed by atoms with E-state index in [2.05, 4.69) is 21.1 Å². The molecule has 2 amide bonds. The molecule has 0 aliphatic carbocycles. The molecule has 0 atom stereocenters. The fraction of sp³-hybridized carbons (Fsp3) is 0.500. The molecule has 8 nitrogen and oxygen atoms in total. The zero-order valence-corrected chi connectivity index (χ0v) is 14.6. The van der Waals surface area contributed by atoms with E-state index >= 15 is 0 Å². The topological polar surface area (TPSA) is 104 Å². The number of carbonyl (C=O) groups is 2. The van der Waals surface area contributed by atoms with E-state index in [1.807, 2.05) is 9.80 Å². The van der Waals surface area contributed by atoms with Gasteiger partial charge in [0, 0.05) is 58.1 Å². The number of piperazine rings is 1. The van der Waals surface area contributed by atoms with Crippen LogP contribution in [0.1, 0.15) is 36.0 Å². The van der Waals surface area contributed by atoms with Crippen LogP contribution in [-0.2, 0) is 4.79 Å². The average molecular weight is 354 g/mol. The number of carbonyl (C=O) groups excluding carboxylic acids is 2. The van der Waals surface area contributed by atoms with Gasteiger partial charge in [0.15, 0.2) is 5.66 Å². The lowest BCUT2D eigenvalue weighted by Gasteiger charge is -2.36. The summed E-state index contributed by atoms with van der Waals surface area (Å²) >= 11 is 0. The van der Waals surface area contributed by atoms with Gasteiger partial charge in [-0.25, -0.2) is 4.98 Å². The third kappa shape index (κ3) is 3.99. The Hall–Kier alpha value is -2.95. The Morgan fingerprint density at radius 1 is 1.23 bits per heavy atom. The Kier molecular flexibility index (Phi) is 5.16. The molecule has 1 fully saturated rings. The number of rotatable bonds is 7. The van der Waals surface area contributed by atoms with Crippen molar-refractivity contribution < 1.29 is 9.59 Å². The zero-order chi connectivity index (χ0) is 18.6. The van der Waals surface area contributed by atoms with Gasteiger partial charge in [0.25, 0.3) is 5.91 Å². The van der Waals surface area contributed by atoms with Gasteiger partial charge < -0.3 is 15.5 Å². The van der Waals surface area contributed by atoms with E-state index in [9.17, 15) is 9.59 Å². The number of aromatic nitrogens is 1. The van der Waals surface area contributed by atoms with Gasteiger partial charge in [-0.3, -0.25) is 9.59 Å². The summed E-state index contributed by atoms with van der Waals surface area (Å²) in [5, 5.41) is 8.13. The van der Waals surface area contributed by atoms with E-state index in [0.29, 0.717) is 63.2 Å². The fourth-order valence-electron chi connectivity index (χ4n) is 3.14. The van der Waals surface area contributed by atoms with Crippen LogP contribution in [0.4, 0.5) is 5.82 Å². The molecule has 2 aliphatic heterocycles. The van der Waals surface area contributed by atoms with Crippen LogP contribution in [0.15, 0.2) is 28.6 Å². The Bertz CT molecular complexity index is 755. The van der Waals surface area contributed by atoms with Crippen LogP contribution in [0.25, 0.3) is 0 Å². The highest BCUT2D eigenvalue weighted by Crippen LogP contribution is 2.37. The van der Waals surface area contributed by atoms with Gasteiger partial charge in [-0.1, -0.05) is 0 Å². The van der Waals surface area contributed by atoms with Crippen LogP contribution in [0.5, 0.6) is 0 Å². The summed E-state index contributed by atoms with van der Waals surface area (Å²) in [7, 11) is 0. The van der Waals surface area contributed by atoms with Crippen LogP contribution in [-0.4, -0.2) is 53.5 Å². The summed E-state index contributed by atoms with van der Waals surface area (Å²) in [6, 6.07) is 3.36. The number of nitrogens with zero attached hydrogens (tertiary/aromatic N) is 5. The van der Waals surface area contributed by atoms with Crippen LogP contribution in [0.3, 0.4) is 0 Å². The lowest BCUT2D eigenvalue weighted by atomic mass is 10.0. The first kappa shape index (κ1) is 17.9. The van der Waals surface area contributed by atoms with E-state index in [1.54, 1.807) is 18.3 Å². The maximum atomic E-state index is 12.5. The molecule has 0 aromatic carbocycles. The molecule has 0 spiro atoms. The largest absolute Gasteiger partial charge is 0.365 e. The van der Waals surface area contributed by atoms with E-state index in [4.69, 9.17) is 12.2 Å². The first-order valence-electron chi connectivity index (χ1n) is 8.70. The summed E-state index contributed by atoms with van der Waals surface area (Å²) in [5.74, 6) is 2.76. The van der Waals surface area contributed by atoms with Gasteiger partial charge in [-0.05, 0) is 12.1 Å². The molecule has 2 N–H and O–H groups in total. The first-order valence-corrected chi connectivity index (χ1v) is 8.70. The highest BCUT2D eigenvalue weighted by Gasteiger charge is 2.39. The molecule has 0 unspecified atom stereocenters. The zero-order valence-electron chi connectivity index (χ0n) is 14.6. The Balaban J connectivity index is 1.50. The molecule has 3 rings (SSSR count). The van der Waals surface area contributed by atoms with Gasteiger partial charge in [0.2, 0.25) is 5.91 Å². The summed E-state index contributed by atoms with van der Waals surface area (Å²) in [5.41, 5.74) is 5.40. The smallest absolute Gasteiger partial charge is 0.252 e. The van der Waals surface area contributed by atoms with Gasteiger partial charge in [0.05, 0.1) is 5.56 Å². The third-order valence-corrected chi connectivity index (χ3v) is 4.78. The van der Waals surface area contributed by atoms with Crippen LogP contribution in [0.2, 0.25) is 0 Å². The second-order valence-electron chi connectivity index (χ2n) is 6.49. The number of anilines is 1. The highest BCUT2D eigenvalue weighted by atomic mass is 16.2. The summed E-state index contributed by atoms with van der Waals surface area (Å²) < 4.78 is 0. The lowest BCUT2D eigenvalue weighted by Crippen LogP contribution is -2.49. The van der Waals surface area contributed by atoms with E-state index in [0.717, 1.165) is 0 Å². The minimum atomic E-state index is -0.499. The van der Waals surface area contributed by atoms with Crippen molar-refractivity contribution in [1.29, 1.82) is 0 Å². The van der Waals surface area contributed by atoms with Gasteiger partial charge in [0.1, 0.15) is 5.82 Å². The molecule has 136 valence electrons. The standard InChI is InChI=1S/C18H22N6O2/c1-2-3-7-18(21-22-18)8-6-15(25)23-10-12-24(13-11-23)17-14(16(19)26)5-4-9-20-17/h1,4-5,9H,3,6-8,10-13H2,(H2,19,26). The predicted molar refractivity (Wildman–Crippen MR) is 96.4 cm³/mol. The quantitative estimate of drug-likeness (QED) is 0.743. The second-order valence-corrected chi connectivity index (χ2v) is 6.49. The molecular formula is C18H22N6O2. The van der Waals surface area contributed by atoms with Crippen molar-refractivity contribution >= 4 is 17.6 Å². The molecule has 0 radical (unpaired) electrons. The van der Waals surface area contributed by atoms with Crippen LogP contribution >= 0.6 is 0 Å². The molecule has 0 bridgehead atoms. The maximum absolute atomic E-state index is 12.5. The number of pyridine rings is 1. The molecule has 2 aliphatic rings. The average Bonchev–Trinajstić information content (AvgIpc) is 3.45. The SMILES string of the molecule is C#CCCC1(CCC(=O)N2CCN(c3ncccc3C(N)=O)CC2)N=N1. The van der Waals surface area contributed by atoms with Crippen LogP contribution < -0.4 is 10.6 Å². The molecule has 1 aromatic heterocycles. The van der Waals surface area contributed by atoms with Crippen molar-refractivity contribution in [1.82, 2.24) is 9.88 Å². The molecular weight excluding hydrogens is 332 g/mol. The predicted octanol–water partition coefficient (Wildman–Crippen LogP) is 1.18. The molecule has 3 heterocycles. The van der Waals surface area contributed by atoms with E-state index in [-0.39, 0.29) is 5.91 Å². The summed E-state index contributed by atoms with van der Waals surface area (Å²) in [4.78, 5) is 32.1. The number of hydrogen-bond acceptors (Lipinski definition) is 6. The maximum Gasteiger partial charge on any atom is 0.252 e. The highest BCUT2D eigenvalue weighted by molar-refractivity contribution is 5.97. The van der Waals surface area contributed by atoms with Crippen molar-refractivity contribution in [2.75, 3.05) is 31.1 Å². The number of primary amides is 1. The fourth-order valence-corrected chi connectivity index (χ4v) is 3.14. The Morgan fingerprint density at radius 2 is 1.96 bits per heavy atom. The molecule has 0 saturated carbocycles. The Labute approximate surface area is 152 Å². The minimum absolute atomic E-state index is 0.0955. The van der Waals surface area contributed by atoms with Gasteiger partial charge >= 0.3 is 0 Å². The molecule has 1 aromatic rings. The normalized spacial score (nSPS) is 17.7. The molecule has 1 saturated heterocycles. The van der Waals surface area contributed by atoms with Gasteiger partial charge in [-0.15, -0.1) is 12.3 Å². The monoisotopic (exact) mass is 354 g/mol. The number of nitrogens with two attached hydrogens (primary N) is 1. The van der Waals surface area contributed by atoms with Crippen molar-refractivity contribution in [3.63, 3.8) is 0 Å². The second kappa shape index (κ2) is 7.52. The van der Waals surface area contributed by atoms with Crippen molar-refractivity contribution in [3.8, 4) is 12.3 Å². The molecule has 8 heteroatoms.